The molecular formula is C12H16N4OS. The summed E-state index contributed by atoms with van der Waals surface area (Å²) in [5, 5.41) is 10.1. The summed E-state index contributed by atoms with van der Waals surface area (Å²) in [7, 11) is 0. The maximum Gasteiger partial charge on any atom is 0.157 e. The summed E-state index contributed by atoms with van der Waals surface area (Å²) in [4.78, 5) is 2.29. The zero-order valence-corrected chi connectivity index (χ0v) is 10.9. The van der Waals surface area contributed by atoms with Gasteiger partial charge in [0.1, 0.15) is 16.6 Å². The first-order valence-corrected chi connectivity index (χ1v) is 7.12. The highest BCUT2D eigenvalue weighted by Crippen LogP contribution is 2.37. The molecule has 1 saturated carbocycles. The van der Waals surface area contributed by atoms with Crippen molar-refractivity contribution in [3.63, 3.8) is 0 Å². The van der Waals surface area contributed by atoms with Gasteiger partial charge in [-0.2, -0.15) is 9.64 Å². The van der Waals surface area contributed by atoms with Crippen LogP contribution in [0.1, 0.15) is 31.2 Å². The summed E-state index contributed by atoms with van der Waals surface area (Å²) in [5.41, 5.74) is 6.28. The van der Waals surface area contributed by atoms with Gasteiger partial charge in [0.2, 0.25) is 0 Å². The Bertz CT molecular complexity index is 479. The fraction of sp³-hybridized carbons (Fsp3) is 0.667. The average Bonchev–Trinajstić information content (AvgIpc) is 2.79. The average molecular weight is 264 g/mol. The molecule has 0 aromatic carbocycles. The van der Waals surface area contributed by atoms with Crippen LogP contribution in [-0.2, 0) is 4.74 Å². The van der Waals surface area contributed by atoms with E-state index in [9.17, 15) is 5.26 Å². The topological polar surface area (TPSA) is 75.2 Å². The Balaban J connectivity index is 1.92. The maximum atomic E-state index is 9.19. The fourth-order valence-corrected chi connectivity index (χ4v) is 3.79. The Morgan fingerprint density at radius 2 is 2.28 bits per heavy atom. The third kappa shape index (κ3) is 1.84. The molecule has 6 heteroatoms. The van der Waals surface area contributed by atoms with Crippen molar-refractivity contribution >= 4 is 22.4 Å². The predicted octanol–water partition coefficient (Wildman–Crippen LogP) is 1.74. The van der Waals surface area contributed by atoms with Gasteiger partial charge < -0.3 is 15.4 Å². The van der Waals surface area contributed by atoms with E-state index in [0.29, 0.717) is 23.5 Å². The molecule has 18 heavy (non-hydrogen) atoms. The Kier molecular flexibility index (Phi) is 3.10. The smallest absolute Gasteiger partial charge is 0.157 e. The van der Waals surface area contributed by atoms with E-state index >= 15 is 0 Å². The number of rotatable bonds is 1. The van der Waals surface area contributed by atoms with Gasteiger partial charge in [-0.05, 0) is 24.4 Å². The molecule has 1 aliphatic heterocycles. The molecule has 0 radical (unpaired) electrons. The van der Waals surface area contributed by atoms with Gasteiger partial charge in [-0.3, -0.25) is 0 Å². The molecule has 1 aromatic rings. The molecule has 5 nitrogen and oxygen atoms in total. The monoisotopic (exact) mass is 264 g/mol. The Morgan fingerprint density at radius 3 is 3.11 bits per heavy atom. The molecule has 0 bridgehead atoms. The number of hydrogen-bond acceptors (Lipinski definition) is 6. The molecule has 2 fully saturated rings. The molecular weight excluding hydrogens is 248 g/mol. The number of aromatic nitrogens is 1. The van der Waals surface area contributed by atoms with Crippen molar-refractivity contribution in [1.82, 2.24) is 4.37 Å². The number of anilines is 2. The summed E-state index contributed by atoms with van der Waals surface area (Å²) >= 11 is 1.34. The van der Waals surface area contributed by atoms with E-state index in [2.05, 4.69) is 15.3 Å². The summed E-state index contributed by atoms with van der Waals surface area (Å²) in [6.45, 7) is 1.56. The number of morpholine rings is 1. The molecule has 1 saturated heterocycles. The lowest BCUT2D eigenvalue weighted by Gasteiger charge is -2.44. The lowest BCUT2D eigenvalue weighted by atomic mass is 9.90. The highest BCUT2D eigenvalue weighted by Gasteiger charge is 2.36. The lowest BCUT2D eigenvalue weighted by molar-refractivity contribution is -0.00842. The molecule has 1 aromatic heterocycles. The van der Waals surface area contributed by atoms with Crippen LogP contribution in [0.2, 0.25) is 0 Å². The van der Waals surface area contributed by atoms with Gasteiger partial charge in [-0.15, -0.1) is 0 Å². The van der Waals surface area contributed by atoms with E-state index in [0.717, 1.165) is 31.0 Å². The molecule has 0 spiro atoms. The lowest BCUT2D eigenvalue weighted by Crippen LogP contribution is -2.52. The van der Waals surface area contributed by atoms with Gasteiger partial charge in [0.05, 0.1) is 18.8 Å². The van der Waals surface area contributed by atoms with Gasteiger partial charge in [0.15, 0.2) is 5.82 Å². The Hall–Kier alpha value is -1.32. The molecule has 2 unspecified atom stereocenters. The molecule has 2 N–H and O–H groups in total. The van der Waals surface area contributed by atoms with Crippen LogP contribution in [0.15, 0.2) is 0 Å². The van der Waals surface area contributed by atoms with Gasteiger partial charge in [-0.1, -0.05) is 12.8 Å². The molecule has 0 amide bonds. The normalized spacial score (nSPS) is 27.6. The van der Waals surface area contributed by atoms with Crippen LogP contribution in [0.25, 0.3) is 0 Å². The van der Waals surface area contributed by atoms with Gasteiger partial charge in [0.25, 0.3) is 0 Å². The summed E-state index contributed by atoms with van der Waals surface area (Å²) < 4.78 is 9.96. The summed E-state index contributed by atoms with van der Waals surface area (Å²) in [6, 6.07) is 2.57. The van der Waals surface area contributed by atoms with Gasteiger partial charge in [-0.25, -0.2) is 0 Å². The minimum atomic E-state index is 0.308. The second kappa shape index (κ2) is 4.75. The first kappa shape index (κ1) is 11.8. The maximum absolute atomic E-state index is 9.19. The quantitative estimate of drug-likeness (QED) is 0.836. The molecule has 96 valence electrons. The third-order valence-corrected chi connectivity index (χ3v) is 4.70. The first-order valence-electron chi connectivity index (χ1n) is 6.34. The van der Waals surface area contributed by atoms with Gasteiger partial charge >= 0.3 is 0 Å². The highest BCUT2D eigenvalue weighted by molar-refractivity contribution is 7.10. The number of nitrogens with two attached hydrogens (primary N) is 1. The van der Waals surface area contributed by atoms with Crippen LogP contribution in [0.4, 0.5) is 10.8 Å². The van der Waals surface area contributed by atoms with Crippen LogP contribution < -0.4 is 10.6 Å². The van der Waals surface area contributed by atoms with E-state index in [1.807, 2.05) is 0 Å². The number of nitriles is 1. The number of fused-ring (bicyclic) bond motifs is 1. The fourth-order valence-electron chi connectivity index (χ4n) is 2.94. The van der Waals surface area contributed by atoms with E-state index in [1.165, 1.54) is 24.4 Å². The van der Waals surface area contributed by atoms with Crippen LogP contribution >= 0.6 is 11.5 Å². The van der Waals surface area contributed by atoms with Crippen molar-refractivity contribution in [2.45, 2.75) is 37.8 Å². The predicted molar refractivity (Wildman–Crippen MR) is 70.6 cm³/mol. The number of hydrogen-bond donors (Lipinski definition) is 1. The van der Waals surface area contributed by atoms with E-state index < -0.39 is 0 Å². The Morgan fingerprint density at radius 1 is 1.44 bits per heavy atom. The van der Waals surface area contributed by atoms with Gasteiger partial charge in [0, 0.05) is 6.54 Å². The zero-order valence-electron chi connectivity index (χ0n) is 10.1. The second-order valence-corrected chi connectivity index (χ2v) is 5.57. The van der Waals surface area contributed by atoms with Crippen molar-refractivity contribution < 1.29 is 4.74 Å². The van der Waals surface area contributed by atoms with E-state index in [-0.39, 0.29) is 0 Å². The molecule has 1 aliphatic carbocycles. The largest absolute Gasteiger partial charge is 0.382 e. The van der Waals surface area contributed by atoms with Crippen molar-refractivity contribution in [3.05, 3.63) is 5.56 Å². The second-order valence-electron chi connectivity index (χ2n) is 4.81. The van der Waals surface area contributed by atoms with Crippen LogP contribution in [-0.4, -0.2) is 29.7 Å². The molecule has 2 aliphatic rings. The third-order valence-electron chi connectivity index (χ3n) is 3.81. The summed E-state index contributed by atoms with van der Waals surface area (Å²) in [5.74, 6) is 0.358. The van der Waals surface area contributed by atoms with Crippen molar-refractivity contribution in [2.24, 2.45) is 0 Å². The van der Waals surface area contributed by atoms with E-state index in [1.54, 1.807) is 0 Å². The first-order chi connectivity index (χ1) is 8.81. The molecule has 3 rings (SSSR count). The highest BCUT2D eigenvalue weighted by atomic mass is 32.1. The molecule has 2 atom stereocenters. The minimum Gasteiger partial charge on any atom is -0.382 e. The zero-order chi connectivity index (χ0) is 12.5. The number of ether oxygens (including phenoxy) is 1. The van der Waals surface area contributed by atoms with Crippen LogP contribution in [0.3, 0.4) is 0 Å². The standard InChI is InChI=1S/C12H16N4OS/c13-7-8-11(14)15-18-12(8)16-5-6-17-10-4-2-1-3-9(10)16/h9-10H,1-6H2,(H2,14,15). The number of nitrogens with zero attached hydrogens (tertiary/aromatic N) is 3. The number of nitrogen functional groups attached to an aromatic ring is 1. The van der Waals surface area contributed by atoms with Crippen molar-refractivity contribution in [2.75, 3.05) is 23.8 Å². The molecule has 2 heterocycles. The van der Waals surface area contributed by atoms with Crippen LogP contribution in [0.5, 0.6) is 0 Å². The Labute approximate surface area is 110 Å². The SMILES string of the molecule is N#Cc1c(N)nsc1N1CCOC2CCCCC21. The van der Waals surface area contributed by atoms with Crippen molar-refractivity contribution in [1.29, 1.82) is 5.26 Å². The van der Waals surface area contributed by atoms with Crippen LogP contribution in [0, 0.1) is 11.3 Å². The van der Waals surface area contributed by atoms with E-state index in [4.69, 9.17) is 10.5 Å². The minimum absolute atomic E-state index is 0.308. The van der Waals surface area contributed by atoms with Crippen molar-refractivity contribution in [3.8, 4) is 6.07 Å². The summed E-state index contributed by atoms with van der Waals surface area (Å²) in [6.07, 6.45) is 5.04.